The van der Waals surface area contributed by atoms with Crippen molar-refractivity contribution in [2.24, 2.45) is 4.99 Å². The Balaban J connectivity index is 1.92. The van der Waals surface area contributed by atoms with Crippen LogP contribution in [0.4, 0.5) is 5.82 Å². The van der Waals surface area contributed by atoms with E-state index < -0.39 is 32.7 Å². The lowest BCUT2D eigenvalue weighted by Crippen LogP contribution is -2.35. The minimum absolute atomic E-state index is 0.0140. The predicted octanol–water partition coefficient (Wildman–Crippen LogP) is 5.54. The first-order chi connectivity index (χ1) is 21.0. The monoisotopic (exact) mass is 626 g/mol. The molecular formula is C30H52N5O7P. The topological polar surface area (TPSA) is 134 Å². The number of carbonyl (C=O) groups excluding carboxylic acids is 2. The molecule has 13 heteroatoms. The average Bonchev–Trinajstić information content (AvgIpc) is 3.36. The number of Topliss-reactive ketones (excluding diaryl/α,β-unsaturated/α-hetero) is 1. The van der Waals surface area contributed by atoms with E-state index >= 15 is 0 Å². The summed E-state index contributed by atoms with van der Waals surface area (Å²) in [4.78, 5) is 44.0. The summed E-state index contributed by atoms with van der Waals surface area (Å²) in [5.41, 5.74) is 0.378. The molecular weight excluding hydrogens is 573 g/mol. The number of anilines is 1. The van der Waals surface area contributed by atoms with Gasteiger partial charge in [0.2, 0.25) is 0 Å². The highest BCUT2D eigenvalue weighted by Crippen LogP contribution is 2.49. The molecule has 2 heterocycles. The number of nitrogens with zero attached hydrogens (tertiary/aromatic N) is 4. The van der Waals surface area contributed by atoms with Crippen molar-refractivity contribution in [2.45, 2.75) is 131 Å². The van der Waals surface area contributed by atoms with Crippen LogP contribution >= 0.6 is 8.53 Å². The summed E-state index contributed by atoms with van der Waals surface area (Å²) in [5, 5.41) is 3.25. The van der Waals surface area contributed by atoms with Crippen molar-refractivity contribution in [1.82, 2.24) is 14.2 Å². The molecule has 1 fully saturated rings. The van der Waals surface area contributed by atoms with Crippen molar-refractivity contribution in [3.05, 3.63) is 22.2 Å². The lowest BCUT2D eigenvalue weighted by molar-refractivity contribution is -0.144. The second-order valence-corrected chi connectivity index (χ2v) is 12.6. The van der Waals surface area contributed by atoms with Gasteiger partial charge in [-0.3, -0.25) is 14.4 Å². The molecule has 244 valence electrons. The largest absolute Gasteiger partial charge is 0.466 e. The summed E-state index contributed by atoms with van der Waals surface area (Å²) >= 11 is 0. The van der Waals surface area contributed by atoms with Crippen molar-refractivity contribution < 1.29 is 29.5 Å². The molecule has 0 amide bonds. The number of aliphatic imine (C=N–C) groups is 1. The fourth-order valence-electron chi connectivity index (χ4n) is 4.63. The third-order valence-electron chi connectivity index (χ3n) is 6.80. The number of aryl methyl sites for hydroxylation is 1. The Hall–Kier alpha value is -2.40. The van der Waals surface area contributed by atoms with Crippen LogP contribution < -0.4 is 11.0 Å². The van der Waals surface area contributed by atoms with Gasteiger partial charge in [-0.05, 0) is 74.6 Å². The average molecular weight is 627 g/mol. The van der Waals surface area contributed by atoms with E-state index in [4.69, 9.17) is 19.9 Å². The Morgan fingerprint density at radius 3 is 2.63 bits per heavy atom. The van der Waals surface area contributed by atoms with Crippen LogP contribution in [-0.2, 0) is 28.1 Å². The number of ether oxygens (including phenoxy) is 2. The first-order valence-corrected chi connectivity index (χ1v) is 16.4. The van der Waals surface area contributed by atoms with Crippen LogP contribution in [0, 0.1) is 6.92 Å². The molecule has 1 aliphatic heterocycles. The molecule has 0 bridgehead atoms. The summed E-state index contributed by atoms with van der Waals surface area (Å²) in [7, 11) is -1.51. The van der Waals surface area contributed by atoms with E-state index in [1.165, 1.54) is 17.9 Å². The fourth-order valence-corrected chi connectivity index (χ4v) is 6.25. The first kappa shape index (κ1) is 35.1. The molecule has 0 aromatic carbocycles. The van der Waals surface area contributed by atoms with Crippen LogP contribution in [-0.4, -0.2) is 76.4 Å². The molecule has 1 aromatic rings. The van der Waals surface area contributed by atoms with Crippen molar-refractivity contribution in [3.8, 4) is 0 Å². The lowest BCUT2D eigenvalue weighted by atomic mass is 10.2. The third-order valence-corrected chi connectivity index (χ3v) is 8.83. The second kappa shape index (κ2) is 19.1. The molecule has 1 aromatic heterocycles. The van der Waals surface area contributed by atoms with Crippen LogP contribution in [0.5, 0.6) is 0 Å². The molecule has 43 heavy (non-hydrogen) atoms. The van der Waals surface area contributed by atoms with Crippen LogP contribution in [0.15, 0.2) is 16.0 Å². The third kappa shape index (κ3) is 12.6. The van der Waals surface area contributed by atoms with Crippen molar-refractivity contribution in [3.63, 3.8) is 0 Å². The second-order valence-electron chi connectivity index (χ2n) is 11.2. The van der Waals surface area contributed by atoms with Crippen LogP contribution in [0.2, 0.25) is 0 Å². The summed E-state index contributed by atoms with van der Waals surface area (Å²) in [6.07, 6.45) is 5.83. The lowest BCUT2D eigenvalue weighted by Gasteiger charge is -2.36. The maximum Gasteiger partial charge on any atom is 0.351 e. The fraction of sp³-hybridized carbons (Fsp3) is 0.767. The van der Waals surface area contributed by atoms with E-state index in [0.717, 1.165) is 31.2 Å². The Kier molecular flexibility index (Phi) is 15.6. The minimum atomic E-state index is -1.51. The van der Waals surface area contributed by atoms with Gasteiger partial charge in [-0.1, -0.05) is 6.42 Å². The molecule has 4 atom stereocenters. The van der Waals surface area contributed by atoms with Gasteiger partial charge in [-0.2, -0.15) is 4.98 Å². The smallest absolute Gasteiger partial charge is 0.351 e. The van der Waals surface area contributed by atoms with Gasteiger partial charge >= 0.3 is 20.2 Å². The van der Waals surface area contributed by atoms with Crippen LogP contribution in [0.25, 0.3) is 0 Å². The highest BCUT2D eigenvalue weighted by Gasteiger charge is 2.40. The first-order valence-electron chi connectivity index (χ1n) is 16.0. The van der Waals surface area contributed by atoms with Gasteiger partial charge in [-0.15, -0.1) is 0 Å². The summed E-state index contributed by atoms with van der Waals surface area (Å²) in [6, 6.07) is 0.319. The van der Waals surface area contributed by atoms with Gasteiger partial charge in [0.05, 0.1) is 25.2 Å². The van der Waals surface area contributed by atoms with E-state index in [1.807, 2.05) is 13.8 Å². The van der Waals surface area contributed by atoms with Crippen molar-refractivity contribution in [1.29, 1.82) is 0 Å². The molecule has 0 aliphatic carbocycles. The van der Waals surface area contributed by atoms with Crippen LogP contribution in [0.3, 0.4) is 0 Å². The van der Waals surface area contributed by atoms with Gasteiger partial charge < -0.3 is 28.6 Å². The normalized spacial score (nSPS) is 19.8. The van der Waals surface area contributed by atoms with E-state index in [9.17, 15) is 14.4 Å². The SMILES string of the molecule is [2H]C[C@H]1O[C@@H](n2cc(C)c(NCCCCCCOC(=O)CCC(C)=O)nc2=O)CC1OP(OC=NCC)N(C(C)C)C(C)C. The summed E-state index contributed by atoms with van der Waals surface area (Å²) < 4.78 is 35.4. The molecule has 2 rings (SSSR count). The zero-order chi connectivity index (χ0) is 32.6. The minimum Gasteiger partial charge on any atom is -0.466 e. The number of unbranched alkanes of at least 4 members (excludes halogenated alkanes) is 3. The molecule has 1 saturated heterocycles. The number of hydrogen-bond acceptors (Lipinski definition) is 11. The number of esters is 1. The van der Waals surface area contributed by atoms with Gasteiger partial charge in [-0.25, -0.2) is 9.46 Å². The molecule has 0 spiro atoms. The highest BCUT2D eigenvalue weighted by atomic mass is 31.2. The number of ketones is 1. The zero-order valence-electron chi connectivity index (χ0n) is 27.9. The Bertz CT molecular complexity index is 1110. The molecule has 2 unspecified atom stereocenters. The maximum atomic E-state index is 13.0. The predicted molar refractivity (Wildman–Crippen MR) is 169 cm³/mol. The molecule has 1 aliphatic rings. The number of carbonyl (C=O) groups is 2. The summed E-state index contributed by atoms with van der Waals surface area (Å²) in [5.74, 6) is 0.179. The Morgan fingerprint density at radius 2 is 1.98 bits per heavy atom. The maximum absolute atomic E-state index is 13.0. The number of aromatic nitrogens is 2. The quantitative estimate of drug-likeness (QED) is 0.0647. The number of nitrogens with one attached hydrogen (secondary N) is 1. The van der Waals surface area contributed by atoms with E-state index in [1.54, 1.807) is 6.20 Å². The van der Waals surface area contributed by atoms with Gasteiger partial charge in [0.25, 0.3) is 0 Å². The zero-order valence-corrected chi connectivity index (χ0v) is 27.8. The summed E-state index contributed by atoms with van der Waals surface area (Å²) in [6.45, 7) is 15.2. The van der Waals surface area contributed by atoms with Crippen molar-refractivity contribution >= 4 is 32.5 Å². The van der Waals surface area contributed by atoms with Gasteiger partial charge in [0, 0.05) is 51.1 Å². The van der Waals surface area contributed by atoms with E-state index in [2.05, 4.69) is 47.7 Å². The van der Waals surface area contributed by atoms with Gasteiger partial charge in [0.1, 0.15) is 17.8 Å². The molecule has 12 nitrogen and oxygen atoms in total. The number of rotatable bonds is 20. The van der Waals surface area contributed by atoms with E-state index in [-0.39, 0.29) is 43.6 Å². The molecule has 0 radical (unpaired) electrons. The molecule has 1 N–H and O–H groups in total. The highest BCUT2D eigenvalue weighted by molar-refractivity contribution is 7.45. The number of hydrogen-bond donors (Lipinski definition) is 1. The van der Waals surface area contributed by atoms with Crippen LogP contribution in [0.1, 0.15) is 107 Å². The standard InChI is InChI=1S/C30H52N5O7P/c1-9-31-20-40-43(35(21(2)3)22(4)5)42-26-18-27(41-25(26)8)34-19-23(6)29(33-30(34)38)32-16-12-10-11-13-17-39-28(37)15-14-24(7)36/h19-22,25-27H,9-18H2,1-8H3,(H,32,33,38)/t25-,26?,27-,43?/m1/s1/i8D. The Labute approximate surface area is 259 Å². The van der Waals surface area contributed by atoms with E-state index in [0.29, 0.717) is 31.9 Å². The van der Waals surface area contributed by atoms with Gasteiger partial charge in [0.15, 0.2) is 6.40 Å². The van der Waals surface area contributed by atoms with Crippen molar-refractivity contribution in [2.75, 3.05) is 25.0 Å². The molecule has 0 saturated carbocycles. The Morgan fingerprint density at radius 1 is 1.26 bits per heavy atom.